The molecule has 0 aliphatic carbocycles. The van der Waals surface area contributed by atoms with E-state index in [1.807, 2.05) is 42.5 Å². The van der Waals surface area contributed by atoms with E-state index in [2.05, 4.69) is 22.5 Å². The van der Waals surface area contributed by atoms with Gasteiger partial charge in [0.05, 0.1) is 6.10 Å². The van der Waals surface area contributed by atoms with Crippen LogP contribution in [0.5, 0.6) is 0 Å². The summed E-state index contributed by atoms with van der Waals surface area (Å²) < 4.78 is 0. The van der Waals surface area contributed by atoms with Gasteiger partial charge in [0.15, 0.2) is 5.78 Å². The minimum atomic E-state index is -1.18. The number of carbonyl (C=O) groups is 3. The molecule has 4 N–H and O–H groups in total. The van der Waals surface area contributed by atoms with Crippen LogP contribution in [0.4, 0.5) is 5.69 Å². The first-order chi connectivity index (χ1) is 17.4. The van der Waals surface area contributed by atoms with E-state index in [1.54, 1.807) is 36.4 Å². The lowest BCUT2D eigenvalue weighted by Gasteiger charge is -2.19. The number of amides is 2. The second kappa shape index (κ2) is 13.0. The van der Waals surface area contributed by atoms with E-state index in [4.69, 9.17) is 5.11 Å². The van der Waals surface area contributed by atoms with Crippen LogP contribution in [0, 0.1) is 11.8 Å². The zero-order chi connectivity index (χ0) is 25.9. The Hall–Kier alpha value is -4.25. The Bertz CT molecular complexity index is 1240. The van der Waals surface area contributed by atoms with Gasteiger partial charge in [-0.2, -0.15) is 0 Å². The monoisotopic (exact) mass is 484 g/mol. The number of rotatable bonds is 9. The van der Waals surface area contributed by atoms with Gasteiger partial charge in [-0.15, -0.1) is 0 Å². The highest BCUT2D eigenvalue weighted by Crippen LogP contribution is 2.11. The summed E-state index contributed by atoms with van der Waals surface area (Å²) in [6.07, 6.45) is -0.0527. The predicted molar refractivity (Wildman–Crippen MR) is 137 cm³/mol. The molecule has 0 spiro atoms. The van der Waals surface area contributed by atoms with Crippen molar-refractivity contribution in [2.24, 2.45) is 0 Å². The minimum absolute atomic E-state index is 0.0534. The summed E-state index contributed by atoms with van der Waals surface area (Å²) in [5.41, 5.74) is 3.56. The number of hydrogen-bond acceptors (Lipinski definition) is 5. The summed E-state index contributed by atoms with van der Waals surface area (Å²) in [4.78, 5) is 36.2. The molecule has 184 valence electrons. The SMILES string of the molecule is C[C@@H](O)[C@H](NC(=O)c1ccc(C#Cc2ccc(NC(=O)CCc3ccccc3)cc2)cc1)C(=O)CO. The van der Waals surface area contributed by atoms with E-state index >= 15 is 0 Å². The Morgan fingerprint density at radius 3 is 2.00 bits per heavy atom. The van der Waals surface area contributed by atoms with Crippen molar-refractivity contribution in [2.75, 3.05) is 11.9 Å². The topological polar surface area (TPSA) is 116 Å². The van der Waals surface area contributed by atoms with Crippen molar-refractivity contribution >= 4 is 23.3 Å². The summed E-state index contributed by atoms with van der Waals surface area (Å²) in [5.74, 6) is 4.79. The second-order valence-corrected chi connectivity index (χ2v) is 8.25. The average Bonchev–Trinajstić information content (AvgIpc) is 2.90. The van der Waals surface area contributed by atoms with Crippen molar-refractivity contribution < 1.29 is 24.6 Å². The molecule has 0 aromatic heterocycles. The molecule has 7 heteroatoms. The van der Waals surface area contributed by atoms with E-state index in [0.29, 0.717) is 29.7 Å². The highest BCUT2D eigenvalue weighted by molar-refractivity contribution is 5.98. The molecule has 2 amide bonds. The van der Waals surface area contributed by atoms with Crippen LogP contribution in [0.15, 0.2) is 78.9 Å². The maximum Gasteiger partial charge on any atom is 0.251 e. The number of hydrogen-bond donors (Lipinski definition) is 4. The molecule has 0 radical (unpaired) electrons. The van der Waals surface area contributed by atoms with Crippen LogP contribution in [0.3, 0.4) is 0 Å². The van der Waals surface area contributed by atoms with Gasteiger partial charge in [0.2, 0.25) is 5.91 Å². The van der Waals surface area contributed by atoms with Crippen LogP contribution in [-0.2, 0) is 16.0 Å². The summed E-state index contributed by atoms with van der Waals surface area (Å²) in [7, 11) is 0. The number of aryl methyl sites for hydroxylation is 1. The zero-order valence-electron chi connectivity index (χ0n) is 19.9. The van der Waals surface area contributed by atoms with Gasteiger partial charge in [0, 0.05) is 28.8 Å². The molecule has 3 aromatic rings. The molecule has 7 nitrogen and oxygen atoms in total. The van der Waals surface area contributed by atoms with Gasteiger partial charge in [-0.25, -0.2) is 0 Å². The molecule has 36 heavy (non-hydrogen) atoms. The highest BCUT2D eigenvalue weighted by Gasteiger charge is 2.25. The summed E-state index contributed by atoms with van der Waals surface area (Å²) in [5, 5.41) is 24.0. The Morgan fingerprint density at radius 1 is 0.861 bits per heavy atom. The molecular formula is C29H28N2O5. The van der Waals surface area contributed by atoms with E-state index in [-0.39, 0.29) is 5.91 Å². The van der Waals surface area contributed by atoms with Gasteiger partial charge in [-0.05, 0) is 67.4 Å². The fourth-order valence-corrected chi connectivity index (χ4v) is 3.41. The van der Waals surface area contributed by atoms with E-state index < -0.39 is 30.4 Å². The number of aliphatic hydroxyl groups is 2. The fourth-order valence-electron chi connectivity index (χ4n) is 3.41. The largest absolute Gasteiger partial charge is 0.391 e. The standard InChI is InChI=1S/C29H28N2O5/c1-20(33)28(26(34)19-32)31-29(36)24-14-9-22(10-15-24)7-8-23-11-16-25(17-12-23)30-27(35)18-13-21-5-3-2-4-6-21/h2-6,9-12,14-17,20,28,32-33H,13,18-19H2,1H3,(H,30,35)(H,31,36)/t20-,28+/m1/s1. The predicted octanol–water partition coefficient (Wildman–Crippen LogP) is 2.70. The molecule has 0 heterocycles. The molecule has 0 fully saturated rings. The lowest BCUT2D eigenvalue weighted by Crippen LogP contribution is -2.48. The maximum atomic E-state index is 12.4. The molecule has 0 unspecified atom stereocenters. The minimum Gasteiger partial charge on any atom is -0.391 e. The van der Waals surface area contributed by atoms with Crippen molar-refractivity contribution in [1.82, 2.24) is 5.32 Å². The molecule has 0 bridgehead atoms. The lowest BCUT2D eigenvalue weighted by molar-refractivity contribution is -0.126. The number of benzene rings is 3. The smallest absolute Gasteiger partial charge is 0.251 e. The second-order valence-electron chi connectivity index (χ2n) is 8.25. The van der Waals surface area contributed by atoms with Crippen LogP contribution in [0.25, 0.3) is 0 Å². The molecule has 0 aliphatic heterocycles. The van der Waals surface area contributed by atoms with Crippen molar-refractivity contribution in [3.8, 4) is 11.8 Å². The number of carbonyl (C=O) groups excluding carboxylic acids is 3. The molecule has 2 atom stereocenters. The molecular weight excluding hydrogens is 456 g/mol. The van der Waals surface area contributed by atoms with Crippen LogP contribution in [0.1, 0.15) is 40.4 Å². The third kappa shape index (κ3) is 7.91. The Morgan fingerprint density at radius 2 is 1.44 bits per heavy atom. The van der Waals surface area contributed by atoms with Crippen molar-refractivity contribution in [2.45, 2.75) is 31.9 Å². The zero-order valence-corrected chi connectivity index (χ0v) is 19.9. The molecule has 3 aromatic carbocycles. The first-order valence-corrected chi connectivity index (χ1v) is 11.5. The third-order valence-corrected chi connectivity index (χ3v) is 5.42. The third-order valence-electron chi connectivity index (χ3n) is 5.42. The first-order valence-electron chi connectivity index (χ1n) is 11.5. The Labute approximate surface area is 210 Å². The number of anilines is 1. The van der Waals surface area contributed by atoms with Gasteiger partial charge in [-0.3, -0.25) is 14.4 Å². The average molecular weight is 485 g/mol. The fraction of sp³-hybridized carbons (Fsp3) is 0.207. The Balaban J connectivity index is 1.54. The van der Waals surface area contributed by atoms with Crippen LogP contribution >= 0.6 is 0 Å². The first kappa shape index (κ1) is 26.4. The van der Waals surface area contributed by atoms with Gasteiger partial charge in [0.25, 0.3) is 5.91 Å². The molecule has 0 aliphatic rings. The van der Waals surface area contributed by atoms with Crippen molar-refractivity contribution in [3.63, 3.8) is 0 Å². The number of nitrogens with one attached hydrogen (secondary N) is 2. The molecule has 0 saturated heterocycles. The van der Waals surface area contributed by atoms with Crippen molar-refractivity contribution in [1.29, 1.82) is 0 Å². The molecule has 3 rings (SSSR count). The molecule has 0 saturated carbocycles. The number of aliphatic hydroxyl groups excluding tert-OH is 2. The van der Waals surface area contributed by atoms with Gasteiger partial charge in [-0.1, -0.05) is 42.2 Å². The quantitative estimate of drug-likeness (QED) is 0.349. The van der Waals surface area contributed by atoms with Gasteiger partial charge >= 0.3 is 0 Å². The Kier molecular flexibility index (Phi) is 9.52. The lowest BCUT2D eigenvalue weighted by atomic mass is 10.1. The number of Topliss-reactive ketones (excluding diaryl/α,β-unsaturated/α-hetero) is 1. The van der Waals surface area contributed by atoms with Gasteiger partial charge < -0.3 is 20.8 Å². The van der Waals surface area contributed by atoms with Crippen LogP contribution < -0.4 is 10.6 Å². The van der Waals surface area contributed by atoms with Crippen LogP contribution in [0.2, 0.25) is 0 Å². The maximum absolute atomic E-state index is 12.4. The summed E-state index contributed by atoms with van der Waals surface area (Å²) in [6.45, 7) is 0.593. The summed E-state index contributed by atoms with van der Waals surface area (Å²) >= 11 is 0. The van der Waals surface area contributed by atoms with Crippen LogP contribution in [-0.4, -0.2) is 46.6 Å². The van der Waals surface area contributed by atoms with E-state index in [0.717, 1.165) is 11.1 Å². The summed E-state index contributed by atoms with van der Waals surface area (Å²) in [6, 6.07) is 22.4. The normalized spacial score (nSPS) is 12.0. The number of ketones is 1. The van der Waals surface area contributed by atoms with Crippen molar-refractivity contribution in [3.05, 3.63) is 101 Å². The van der Waals surface area contributed by atoms with E-state index in [9.17, 15) is 19.5 Å². The van der Waals surface area contributed by atoms with Gasteiger partial charge in [0.1, 0.15) is 12.6 Å². The highest BCUT2D eigenvalue weighted by atomic mass is 16.3. The van der Waals surface area contributed by atoms with E-state index in [1.165, 1.54) is 6.92 Å².